The van der Waals surface area contributed by atoms with Gasteiger partial charge in [0, 0.05) is 63.5 Å². The predicted molar refractivity (Wildman–Crippen MR) is 120 cm³/mol. The molecule has 2 saturated heterocycles. The van der Waals surface area contributed by atoms with Crippen LogP contribution < -0.4 is 11.1 Å². The molecule has 3 rings (SSSR count). The number of benzene rings is 1. The van der Waals surface area contributed by atoms with Crippen molar-refractivity contribution in [2.24, 2.45) is 4.99 Å². The van der Waals surface area contributed by atoms with E-state index >= 15 is 4.39 Å². The molecule has 172 valence electrons. The molecular weight excluding hydrogens is 399 g/mol. The highest BCUT2D eigenvalue weighted by Gasteiger charge is 2.38. The van der Waals surface area contributed by atoms with Gasteiger partial charge in [-0.1, -0.05) is 12.1 Å². The van der Waals surface area contributed by atoms with Crippen LogP contribution in [-0.2, 0) is 4.74 Å². The average Bonchev–Trinajstić information content (AvgIpc) is 2.73. The van der Waals surface area contributed by atoms with Gasteiger partial charge in [0.25, 0.3) is 5.91 Å². The molecule has 0 unspecified atom stereocenters. The van der Waals surface area contributed by atoms with Crippen molar-refractivity contribution < 1.29 is 19.0 Å². The van der Waals surface area contributed by atoms with Crippen LogP contribution in [0.15, 0.2) is 23.2 Å². The van der Waals surface area contributed by atoms with Gasteiger partial charge in [0.1, 0.15) is 5.67 Å². The summed E-state index contributed by atoms with van der Waals surface area (Å²) in [5.41, 5.74) is 5.29. The summed E-state index contributed by atoms with van der Waals surface area (Å²) in [6, 6.07) is 5.31. The average molecular weight is 435 g/mol. The van der Waals surface area contributed by atoms with Crippen LogP contribution in [-0.4, -0.2) is 78.8 Å². The van der Waals surface area contributed by atoms with Crippen molar-refractivity contribution in [3.8, 4) is 0 Å². The largest absolute Gasteiger partial charge is 0.398 e. The lowest BCUT2D eigenvalue weighted by atomic mass is 9.89. The lowest BCUT2D eigenvalue weighted by Crippen LogP contribution is -2.53. The number of nitrogens with zero attached hydrogens (tertiary/aromatic N) is 2. The van der Waals surface area contributed by atoms with E-state index in [1.165, 1.54) is 0 Å². The fourth-order valence-electron chi connectivity index (χ4n) is 4.07. The Morgan fingerprint density at radius 3 is 2.65 bits per heavy atom. The van der Waals surface area contributed by atoms with E-state index in [2.05, 4.69) is 15.2 Å². The number of nitrogens with one attached hydrogen (secondary N) is 1. The Kier molecular flexibility index (Phi) is 7.67. The van der Waals surface area contributed by atoms with Crippen molar-refractivity contribution >= 4 is 17.8 Å². The second-order valence-electron chi connectivity index (χ2n) is 9.13. The van der Waals surface area contributed by atoms with E-state index in [9.17, 15) is 9.90 Å². The number of anilines is 1. The molecule has 4 N–H and O–H groups in total. The molecule has 0 aromatic heterocycles. The van der Waals surface area contributed by atoms with Crippen LogP contribution in [0.25, 0.3) is 0 Å². The van der Waals surface area contributed by atoms with Gasteiger partial charge in [-0.2, -0.15) is 0 Å². The summed E-state index contributed by atoms with van der Waals surface area (Å²) >= 11 is 0. The molecule has 8 heteroatoms. The van der Waals surface area contributed by atoms with E-state index in [0.717, 1.165) is 0 Å². The van der Waals surface area contributed by atoms with E-state index in [4.69, 9.17) is 10.5 Å². The monoisotopic (exact) mass is 434 g/mol. The number of aliphatic imine (C=N–C) groups is 1. The number of carbonyl (C=O) groups excluding carboxylic acids is 1. The van der Waals surface area contributed by atoms with Crippen LogP contribution in [0.5, 0.6) is 0 Å². The Morgan fingerprint density at radius 1 is 1.32 bits per heavy atom. The van der Waals surface area contributed by atoms with Gasteiger partial charge in [-0.25, -0.2) is 4.39 Å². The van der Waals surface area contributed by atoms with Gasteiger partial charge in [0.15, 0.2) is 0 Å². The molecular formula is C23H35FN4O3. The topological polar surface area (TPSA) is 100 Å². The van der Waals surface area contributed by atoms with E-state index in [0.29, 0.717) is 75.3 Å². The first-order valence-corrected chi connectivity index (χ1v) is 11.1. The molecule has 7 nitrogen and oxygen atoms in total. The molecule has 2 aliphatic heterocycles. The number of nitrogen functional groups attached to an aromatic ring is 1. The molecule has 31 heavy (non-hydrogen) atoms. The Morgan fingerprint density at radius 2 is 2.00 bits per heavy atom. The molecule has 1 aromatic rings. The fourth-order valence-corrected chi connectivity index (χ4v) is 4.07. The minimum absolute atomic E-state index is 0.0540. The van der Waals surface area contributed by atoms with Crippen molar-refractivity contribution in [2.45, 2.75) is 56.8 Å². The van der Waals surface area contributed by atoms with Crippen molar-refractivity contribution in [3.63, 3.8) is 0 Å². The number of β-amino-alcohol motifs (C(OH)–C–C–N with tert-alkyl or cyclic N) is 1. The lowest BCUT2D eigenvalue weighted by Gasteiger charge is -2.41. The van der Waals surface area contributed by atoms with Crippen molar-refractivity contribution in [3.05, 3.63) is 29.3 Å². The van der Waals surface area contributed by atoms with Crippen LogP contribution in [0.2, 0.25) is 0 Å². The zero-order valence-corrected chi connectivity index (χ0v) is 18.6. The summed E-state index contributed by atoms with van der Waals surface area (Å²) in [5.74, 6) is -0.381. The second kappa shape index (κ2) is 10.1. The van der Waals surface area contributed by atoms with E-state index in [-0.39, 0.29) is 18.5 Å². The highest BCUT2D eigenvalue weighted by molar-refractivity contribution is 6.03. The molecule has 1 amide bonds. The van der Waals surface area contributed by atoms with Crippen LogP contribution in [0, 0.1) is 0 Å². The van der Waals surface area contributed by atoms with Crippen LogP contribution >= 0.6 is 0 Å². The first-order valence-electron chi connectivity index (χ1n) is 11.1. The second-order valence-corrected chi connectivity index (χ2v) is 9.13. The Bertz CT molecular complexity index is 785. The highest BCUT2D eigenvalue weighted by atomic mass is 19.1. The molecule has 0 spiro atoms. The van der Waals surface area contributed by atoms with Gasteiger partial charge in [0.2, 0.25) is 0 Å². The van der Waals surface area contributed by atoms with Crippen molar-refractivity contribution in [1.29, 1.82) is 0 Å². The first-order chi connectivity index (χ1) is 14.7. The van der Waals surface area contributed by atoms with Crippen LogP contribution in [0.1, 0.15) is 55.5 Å². The number of aliphatic hydroxyl groups is 1. The molecule has 2 fully saturated rings. The number of hydrogen-bond donors (Lipinski definition) is 3. The standard InChI is InChI=1S/C23H35FN4O3/c1-17(2)26-14-18-4-3-5-19(20(18)25)21(29)27-15-22(24)6-10-28(11-7-22)16-23(30)8-12-31-13-9-23/h3-5,14,17,30H,6-13,15-16,25H2,1-2H3,(H,27,29). The maximum atomic E-state index is 15.3. The number of nitrogens with two attached hydrogens (primary N) is 1. The third kappa shape index (κ3) is 6.48. The molecule has 0 saturated carbocycles. The Hall–Kier alpha value is -2.03. The maximum Gasteiger partial charge on any atom is 0.253 e. The molecule has 0 atom stereocenters. The number of amides is 1. The molecule has 2 heterocycles. The Labute approximate surface area is 183 Å². The predicted octanol–water partition coefficient (Wildman–Crippen LogP) is 2.17. The smallest absolute Gasteiger partial charge is 0.253 e. The zero-order chi connectivity index (χ0) is 22.5. The number of alkyl halides is 1. The summed E-state index contributed by atoms with van der Waals surface area (Å²) in [5, 5.41) is 13.4. The summed E-state index contributed by atoms with van der Waals surface area (Å²) < 4.78 is 20.6. The van der Waals surface area contributed by atoms with E-state index in [1.807, 2.05) is 13.8 Å². The fraction of sp³-hybridized carbons (Fsp3) is 0.652. The van der Waals surface area contributed by atoms with Crippen LogP contribution in [0.3, 0.4) is 0 Å². The third-order valence-electron chi connectivity index (χ3n) is 6.16. The van der Waals surface area contributed by atoms with Crippen molar-refractivity contribution in [2.75, 3.05) is 45.1 Å². The quantitative estimate of drug-likeness (QED) is 0.451. The first kappa shape index (κ1) is 23.6. The maximum absolute atomic E-state index is 15.3. The van der Waals surface area contributed by atoms with Gasteiger partial charge in [-0.3, -0.25) is 9.79 Å². The van der Waals surface area contributed by atoms with E-state index < -0.39 is 11.3 Å². The number of likely N-dealkylation sites (tertiary alicyclic amines) is 1. The van der Waals surface area contributed by atoms with Crippen LogP contribution in [0.4, 0.5) is 10.1 Å². The van der Waals surface area contributed by atoms with Gasteiger partial charge in [0.05, 0.1) is 23.4 Å². The minimum Gasteiger partial charge on any atom is -0.398 e. The van der Waals surface area contributed by atoms with Gasteiger partial charge in [-0.05, 0) is 32.8 Å². The minimum atomic E-state index is -1.46. The normalized spacial score (nSPS) is 21.5. The highest BCUT2D eigenvalue weighted by Crippen LogP contribution is 2.29. The molecule has 1 aromatic carbocycles. The zero-order valence-electron chi connectivity index (χ0n) is 18.6. The Balaban J connectivity index is 1.52. The summed E-state index contributed by atoms with van der Waals surface area (Å²) in [4.78, 5) is 19.1. The van der Waals surface area contributed by atoms with Gasteiger partial charge >= 0.3 is 0 Å². The van der Waals surface area contributed by atoms with Crippen molar-refractivity contribution in [1.82, 2.24) is 10.2 Å². The number of carbonyl (C=O) groups is 1. The van der Waals surface area contributed by atoms with Gasteiger partial charge in [-0.15, -0.1) is 0 Å². The number of piperidine rings is 1. The summed E-state index contributed by atoms with van der Waals surface area (Å²) in [7, 11) is 0. The van der Waals surface area contributed by atoms with Gasteiger partial charge < -0.3 is 25.8 Å². The van der Waals surface area contributed by atoms with E-state index in [1.54, 1.807) is 24.4 Å². The lowest BCUT2D eigenvalue weighted by molar-refractivity contribution is -0.0870. The summed E-state index contributed by atoms with van der Waals surface area (Å²) in [6.07, 6.45) is 3.52. The molecule has 0 aliphatic carbocycles. The molecule has 2 aliphatic rings. The number of hydrogen-bond acceptors (Lipinski definition) is 6. The number of ether oxygens (including phenoxy) is 1. The number of halogens is 1. The third-order valence-corrected chi connectivity index (χ3v) is 6.16. The molecule has 0 bridgehead atoms. The molecule has 0 radical (unpaired) electrons. The SMILES string of the molecule is CC(C)N=Cc1cccc(C(=O)NCC2(F)CCN(CC3(O)CCOCC3)CC2)c1N. The number of rotatable bonds is 7. The number of para-hydroxylation sites is 1. The summed E-state index contributed by atoms with van der Waals surface area (Å²) in [6.45, 7) is 6.64.